The zero-order valence-corrected chi connectivity index (χ0v) is 7.45. The first-order valence-corrected chi connectivity index (χ1v) is 4.32. The van der Waals surface area contributed by atoms with Crippen LogP contribution in [0.4, 0.5) is 0 Å². The van der Waals surface area contributed by atoms with E-state index in [0.29, 0.717) is 11.8 Å². The highest BCUT2D eigenvalue weighted by atomic mass is 16.5. The summed E-state index contributed by atoms with van der Waals surface area (Å²) in [6.45, 7) is 0. The molecular formula is C9H11NO3. The lowest BCUT2D eigenvalue weighted by Crippen LogP contribution is -2.01. The molecule has 0 amide bonds. The maximum absolute atomic E-state index is 11.0. The van der Waals surface area contributed by atoms with Crippen molar-refractivity contribution in [2.24, 2.45) is 5.92 Å². The molecule has 1 heterocycles. The van der Waals surface area contributed by atoms with E-state index in [2.05, 4.69) is 9.72 Å². The Labute approximate surface area is 75.9 Å². The number of rotatable bonds is 3. The second-order valence-electron chi connectivity index (χ2n) is 3.27. The topological polar surface area (TPSA) is 52.3 Å². The van der Waals surface area contributed by atoms with Crippen molar-refractivity contribution in [2.45, 2.75) is 19.3 Å². The number of hydrogen-bond acceptors (Lipinski definition) is 4. The number of oxazole rings is 1. The van der Waals surface area contributed by atoms with Gasteiger partial charge in [0.15, 0.2) is 11.6 Å². The van der Waals surface area contributed by atoms with Crippen LogP contribution in [0.2, 0.25) is 0 Å². The van der Waals surface area contributed by atoms with Crippen molar-refractivity contribution in [2.75, 3.05) is 7.11 Å². The molecule has 0 aliphatic heterocycles. The summed E-state index contributed by atoms with van der Waals surface area (Å²) >= 11 is 0. The molecule has 70 valence electrons. The minimum absolute atomic E-state index is 0.262. The third-order valence-electron chi connectivity index (χ3n) is 2.11. The van der Waals surface area contributed by atoms with E-state index in [9.17, 15) is 4.79 Å². The summed E-state index contributed by atoms with van der Waals surface area (Å²) < 4.78 is 9.64. The summed E-state index contributed by atoms with van der Waals surface area (Å²) in [5, 5.41) is 0. The number of carbonyl (C=O) groups excluding carboxylic acids is 1. The SMILES string of the molecule is COC(=O)c1coc(CC2CC2)n1. The Hall–Kier alpha value is -1.32. The maximum atomic E-state index is 11.0. The van der Waals surface area contributed by atoms with Crippen molar-refractivity contribution in [3.63, 3.8) is 0 Å². The smallest absolute Gasteiger partial charge is 0.360 e. The summed E-state index contributed by atoms with van der Waals surface area (Å²) in [6.07, 6.45) is 4.69. The van der Waals surface area contributed by atoms with Crippen molar-refractivity contribution in [3.8, 4) is 0 Å². The summed E-state index contributed by atoms with van der Waals surface area (Å²) in [6, 6.07) is 0. The van der Waals surface area contributed by atoms with Gasteiger partial charge in [-0.15, -0.1) is 0 Å². The molecule has 1 aliphatic carbocycles. The van der Waals surface area contributed by atoms with E-state index >= 15 is 0 Å². The molecule has 0 spiro atoms. The average molecular weight is 181 g/mol. The predicted molar refractivity (Wildman–Crippen MR) is 44.3 cm³/mol. The normalized spacial score (nSPS) is 15.8. The molecule has 0 saturated heterocycles. The van der Waals surface area contributed by atoms with Crippen LogP contribution in [0, 0.1) is 5.92 Å². The standard InChI is InChI=1S/C9H11NO3/c1-12-9(11)7-5-13-8(10-7)4-6-2-3-6/h5-6H,2-4H2,1H3. The van der Waals surface area contributed by atoms with Gasteiger partial charge in [-0.3, -0.25) is 0 Å². The molecule has 13 heavy (non-hydrogen) atoms. The van der Waals surface area contributed by atoms with Crippen LogP contribution in [-0.2, 0) is 11.2 Å². The quantitative estimate of drug-likeness (QED) is 0.661. The van der Waals surface area contributed by atoms with Gasteiger partial charge >= 0.3 is 5.97 Å². The second-order valence-corrected chi connectivity index (χ2v) is 3.27. The highest BCUT2D eigenvalue weighted by Crippen LogP contribution is 2.32. The van der Waals surface area contributed by atoms with Crippen molar-refractivity contribution in [1.82, 2.24) is 4.98 Å². The molecule has 1 aliphatic rings. The fraction of sp³-hybridized carbons (Fsp3) is 0.556. The molecular weight excluding hydrogens is 170 g/mol. The van der Waals surface area contributed by atoms with E-state index in [1.165, 1.54) is 26.2 Å². The fourth-order valence-electron chi connectivity index (χ4n) is 1.17. The third kappa shape index (κ3) is 1.88. The lowest BCUT2D eigenvalue weighted by atomic mass is 10.3. The Kier molecular flexibility index (Phi) is 2.04. The van der Waals surface area contributed by atoms with Crippen LogP contribution in [0.1, 0.15) is 29.2 Å². The summed E-state index contributed by atoms with van der Waals surface area (Å²) in [5.74, 6) is 0.915. The van der Waals surface area contributed by atoms with E-state index in [0.717, 1.165) is 6.42 Å². The molecule has 1 aromatic heterocycles. The number of aromatic nitrogens is 1. The molecule has 0 bridgehead atoms. The van der Waals surface area contributed by atoms with E-state index in [1.54, 1.807) is 0 Å². The van der Waals surface area contributed by atoms with Gasteiger partial charge in [0.2, 0.25) is 0 Å². The molecule has 1 saturated carbocycles. The zero-order valence-electron chi connectivity index (χ0n) is 7.45. The van der Waals surface area contributed by atoms with Crippen LogP contribution in [0.3, 0.4) is 0 Å². The first-order valence-electron chi connectivity index (χ1n) is 4.32. The van der Waals surface area contributed by atoms with Crippen LogP contribution in [0.25, 0.3) is 0 Å². The Bertz CT molecular complexity index is 314. The number of hydrogen-bond donors (Lipinski definition) is 0. The van der Waals surface area contributed by atoms with Gasteiger partial charge in [-0.2, -0.15) is 0 Å². The minimum Gasteiger partial charge on any atom is -0.464 e. The molecule has 0 aromatic carbocycles. The lowest BCUT2D eigenvalue weighted by Gasteiger charge is -1.90. The van der Waals surface area contributed by atoms with E-state index in [-0.39, 0.29) is 5.69 Å². The monoisotopic (exact) mass is 181 g/mol. The number of methoxy groups -OCH3 is 1. The molecule has 1 fully saturated rings. The molecule has 4 nitrogen and oxygen atoms in total. The minimum atomic E-state index is -0.439. The van der Waals surface area contributed by atoms with Gasteiger partial charge in [0, 0.05) is 6.42 Å². The molecule has 0 N–H and O–H groups in total. The molecule has 0 atom stereocenters. The Morgan fingerprint density at radius 1 is 1.77 bits per heavy atom. The van der Waals surface area contributed by atoms with E-state index in [4.69, 9.17) is 4.42 Å². The highest BCUT2D eigenvalue weighted by Gasteiger charge is 2.24. The molecule has 2 rings (SSSR count). The van der Waals surface area contributed by atoms with Crippen LogP contribution in [0.15, 0.2) is 10.7 Å². The summed E-state index contributed by atoms with van der Waals surface area (Å²) in [5.41, 5.74) is 0.262. The van der Waals surface area contributed by atoms with Crippen LogP contribution in [-0.4, -0.2) is 18.1 Å². The maximum Gasteiger partial charge on any atom is 0.360 e. The van der Waals surface area contributed by atoms with Gasteiger partial charge in [0.05, 0.1) is 7.11 Å². The third-order valence-corrected chi connectivity index (χ3v) is 2.11. The van der Waals surface area contributed by atoms with Crippen LogP contribution < -0.4 is 0 Å². The first-order chi connectivity index (χ1) is 6.29. The van der Waals surface area contributed by atoms with Crippen molar-refractivity contribution in [3.05, 3.63) is 17.8 Å². The van der Waals surface area contributed by atoms with E-state index in [1.807, 2.05) is 0 Å². The number of esters is 1. The Balaban J connectivity index is 2.03. The van der Waals surface area contributed by atoms with Gasteiger partial charge in [0.25, 0.3) is 0 Å². The van der Waals surface area contributed by atoms with Gasteiger partial charge < -0.3 is 9.15 Å². The summed E-state index contributed by atoms with van der Waals surface area (Å²) in [7, 11) is 1.33. The second kappa shape index (κ2) is 3.20. The van der Waals surface area contributed by atoms with Crippen molar-refractivity contribution < 1.29 is 13.9 Å². The van der Waals surface area contributed by atoms with Gasteiger partial charge in [-0.1, -0.05) is 0 Å². The number of carbonyl (C=O) groups is 1. The molecule has 1 aromatic rings. The molecule has 0 radical (unpaired) electrons. The molecule has 4 heteroatoms. The lowest BCUT2D eigenvalue weighted by molar-refractivity contribution is 0.0594. The van der Waals surface area contributed by atoms with Crippen molar-refractivity contribution in [1.29, 1.82) is 0 Å². The zero-order chi connectivity index (χ0) is 9.26. The van der Waals surface area contributed by atoms with Crippen LogP contribution in [0.5, 0.6) is 0 Å². The first kappa shape index (κ1) is 8.29. The largest absolute Gasteiger partial charge is 0.464 e. The number of nitrogens with zero attached hydrogens (tertiary/aromatic N) is 1. The Morgan fingerprint density at radius 3 is 3.15 bits per heavy atom. The predicted octanol–water partition coefficient (Wildman–Crippen LogP) is 1.41. The van der Waals surface area contributed by atoms with Gasteiger partial charge in [0.1, 0.15) is 6.26 Å². The van der Waals surface area contributed by atoms with Gasteiger partial charge in [-0.25, -0.2) is 9.78 Å². The highest BCUT2D eigenvalue weighted by molar-refractivity contribution is 5.86. The van der Waals surface area contributed by atoms with Gasteiger partial charge in [-0.05, 0) is 18.8 Å². The molecule has 0 unspecified atom stereocenters. The van der Waals surface area contributed by atoms with Crippen molar-refractivity contribution >= 4 is 5.97 Å². The Morgan fingerprint density at radius 2 is 2.54 bits per heavy atom. The summed E-state index contributed by atoms with van der Waals surface area (Å²) in [4.78, 5) is 15.0. The fourth-order valence-corrected chi connectivity index (χ4v) is 1.17. The van der Waals surface area contributed by atoms with Crippen LogP contribution >= 0.6 is 0 Å². The number of ether oxygens (including phenoxy) is 1. The van der Waals surface area contributed by atoms with E-state index < -0.39 is 5.97 Å². The average Bonchev–Trinajstić information content (AvgIpc) is 2.81.